The van der Waals surface area contributed by atoms with Crippen molar-refractivity contribution in [2.45, 2.75) is 0 Å². The van der Waals surface area contributed by atoms with Crippen LogP contribution in [0.4, 0.5) is 0 Å². The van der Waals surface area contributed by atoms with Gasteiger partial charge in [-0.25, -0.2) is 5.43 Å². The maximum atomic E-state index is 11.5. The van der Waals surface area contributed by atoms with E-state index < -0.39 is 5.91 Å². The van der Waals surface area contributed by atoms with Crippen molar-refractivity contribution in [1.29, 1.82) is 0 Å². The number of halogens is 3. The quantitative estimate of drug-likeness (QED) is 0.439. The topological polar surface area (TPSA) is 63.8 Å². The summed E-state index contributed by atoms with van der Waals surface area (Å²) in [6.45, 7) is -0.214. The van der Waals surface area contributed by atoms with Crippen LogP contribution < -0.4 is 10.2 Å². The highest BCUT2D eigenvalue weighted by Crippen LogP contribution is 2.27. The van der Waals surface area contributed by atoms with Gasteiger partial charge in [-0.15, -0.1) is 0 Å². The predicted octanol–water partition coefficient (Wildman–Crippen LogP) is 3.72. The van der Waals surface area contributed by atoms with E-state index in [4.69, 9.17) is 32.4 Å². The van der Waals surface area contributed by atoms with Crippen LogP contribution in [0.5, 0.6) is 5.75 Å². The molecule has 0 saturated heterocycles. The van der Waals surface area contributed by atoms with Crippen LogP contribution >= 0.6 is 45.8 Å². The molecule has 1 aromatic heterocycles. The van der Waals surface area contributed by atoms with E-state index in [0.29, 0.717) is 21.6 Å². The van der Waals surface area contributed by atoms with Gasteiger partial charge in [0.2, 0.25) is 0 Å². The van der Waals surface area contributed by atoms with Gasteiger partial charge in [0, 0.05) is 5.02 Å². The minimum atomic E-state index is -0.418. The molecule has 0 unspecified atom stereocenters. The van der Waals surface area contributed by atoms with Crippen molar-refractivity contribution in [2.75, 3.05) is 6.61 Å². The van der Waals surface area contributed by atoms with Crippen molar-refractivity contribution >= 4 is 57.9 Å². The summed E-state index contributed by atoms with van der Waals surface area (Å²) >= 11 is 13.7. The molecule has 0 aliphatic carbocycles. The number of carbonyl (C=O) groups excluding carboxylic acids is 1. The summed E-state index contributed by atoms with van der Waals surface area (Å²) < 4.78 is 11.2. The highest BCUT2D eigenvalue weighted by Gasteiger charge is 2.05. The third-order valence-corrected chi connectivity index (χ3v) is 3.34. The van der Waals surface area contributed by atoms with Gasteiger partial charge in [-0.1, -0.05) is 23.2 Å². The number of nitrogens with one attached hydrogen (secondary N) is 1. The first-order chi connectivity index (χ1) is 10.0. The Morgan fingerprint density at radius 2 is 2.19 bits per heavy atom. The number of hydrazone groups is 1. The van der Waals surface area contributed by atoms with E-state index in [-0.39, 0.29) is 6.61 Å². The van der Waals surface area contributed by atoms with Crippen molar-refractivity contribution in [3.8, 4) is 5.75 Å². The lowest BCUT2D eigenvalue weighted by atomic mass is 10.3. The highest BCUT2D eigenvalue weighted by molar-refractivity contribution is 14.1. The second kappa shape index (κ2) is 7.67. The summed E-state index contributed by atoms with van der Waals surface area (Å²) in [6, 6.07) is 8.27. The molecule has 0 bridgehead atoms. The molecule has 1 amide bonds. The first-order valence-electron chi connectivity index (χ1n) is 5.69. The Bertz CT molecular complexity index is 673. The maximum absolute atomic E-state index is 11.5. The van der Waals surface area contributed by atoms with E-state index in [0.717, 1.165) is 3.77 Å². The fraction of sp³-hybridized carbons (Fsp3) is 0.0769. The van der Waals surface area contributed by atoms with Crippen molar-refractivity contribution in [1.82, 2.24) is 5.43 Å². The third kappa shape index (κ3) is 5.22. The molecule has 5 nitrogen and oxygen atoms in total. The number of amides is 1. The molecule has 2 rings (SSSR count). The van der Waals surface area contributed by atoms with Gasteiger partial charge in [-0.3, -0.25) is 4.79 Å². The molecule has 0 aliphatic heterocycles. The minimum Gasteiger partial charge on any atom is -0.482 e. The van der Waals surface area contributed by atoms with E-state index in [9.17, 15) is 4.79 Å². The molecule has 110 valence electrons. The molecule has 1 aromatic carbocycles. The van der Waals surface area contributed by atoms with Crippen LogP contribution in [-0.2, 0) is 4.79 Å². The Labute approximate surface area is 144 Å². The smallest absolute Gasteiger partial charge is 0.277 e. The van der Waals surface area contributed by atoms with Crippen LogP contribution in [0.25, 0.3) is 0 Å². The zero-order valence-corrected chi connectivity index (χ0v) is 14.1. The molecule has 0 atom stereocenters. The fourth-order valence-electron chi connectivity index (χ4n) is 1.33. The fourth-order valence-corrected chi connectivity index (χ4v) is 2.23. The molecule has 8 heteroatoms. The lowest BCUT2D eigenvalue weighted by molar-refractivity contribution is -0.123. The maximum Gasteiger partial charge on any atom is 0.277 e. The van der Waals surface area contributed by atoms with E-state index >= 15 is 0 Å². The lowest BCUT2D eigenvalue weighted by Crippen LogP contribution is -2.24. The number of furan rings is 1. The van der Waals surface area contributed by atoms with Crippen molar-refractivity contribution in [2.24, 2.45) is 5.10 Å². The minimum absolute atomic E-state index is 0.214. The SMILES string of the molecule is O=C(COc1ccc(Cl)cc1Cl)N/N=C/c1ccc(I)o1. The first-order valence-corrected chi connectivity index (χ1v) is 7.53. The second-order valence-electron chi connectivity index (χ2n) is 3.80. The third-order valence-electron chi connectivity index (χ3n) is 2.23. The zero-order chi connectivity index (χ0) is 15.2. The Kier molecular flexibility index (Phi) is 5.89. The molecule has 1 heterocycles. The van der Waals surface area contributed by atoms with Crippen LogP contribution in [0.3, 0.4) is 0 Å². The predicted molar refractivity (Wildman–Crippen MR) is 89.1 cm³/mol. The van der Waals surface area contributed by atoms with Crippen LogP contribution in [0.2, 0.25) is 10.0 Å². The molecular formula is C13H9Cl2IN2O3. The zero-order valence-electron chi connectivity index (χ0n) is 10.5. The van der Waals surface area contributed by atoms with Gasteiger partial charge in [0.1, 0.15) is 11.5 Å². The molecule has 2 aromatic rings. The number of carbonyl (C=O) groups is 1. The number of nitrogens with zero attached hydrogens (tertiary/aromatic N) is 1. The second-order valence-corrected chi connectivity index (χ2v) is 5.71. The number of rotatable bonds is 5. The Hall–Kier alpha value is -1.25. The summed E-state index contributed by atoms with van der Waals surface area (Å²) in [4.78, 5) is 11.5. The van der Waals surface area contributed by atoms with Crippen LogP contribution in [0.1, 0.15) is 5.76 Å². The van der Waals surface area contributed by atoms with Gasteiger partial charge in [-0.05, 0) is 52.9 Å². The van der Waals surface area contributed by atoms with E-state index in [1.54, 1.807) is 24.3 Å². The van der Waals surface area contributed by atoms with E-state index in [1.165, 1.54) is 12.3 Å². The highest BCUT2D eigenvalue weighted by atomic mass is 127. The van der Waals surface area contributed by atoms with Gasteiger partial charge < -0.3 is 9.15 Å². The molecule has 0 saturated carbocycles. The number of hydrogen-bond acceptors (Lipinski definition) is 4. The van der Waals surface area contributed by atoms with Crippen molar-refractivity contribution in [3.63, 3.8) is 0 Å². The van der Waals surface area contributed by atoms with Crippen molar-refractivity contribution < 1.29 is 13.9 Å². The number of hydrogen-bond donors (Lipinski definition) is 1. The standard InChI is InChI=1S/C13H9Cl2IN2O3/c14-8-1-3-11(10(15)5-8)20-7-13(19)18-17-6-9-2-4-12(16)21-9/h1-6H,7H2,(H,18,19)/b17-6+. The Morgan fingerprint density at radius 1 is 1.38 bits per heavy atom. The normalized spacial score (nSPS) is 10.8. The summed E-state index contributed by atoms with van der Waals surface area (Å²) in [5.41, 5.74) is 2.32. The lowest BCUT2D eigenvalue weighted by Gasteiger charge is -2.06. The van der Waals surface area contributed by atoms with Gasteiger partial charge in [-0.2, -0.15) is 5.10 Å². The molecular weight excluding hydrogens is 430 g/mol. The molecule has 0 aliphatic rings. The van der Waals surface area contributed by atoms with Gasteiger partial charge in [0.15, 0.2) is 10.4 Å². The molecule has 0 radical (unpaired) electrons. The molecule has 21 heavy (non-hydrogen) atoms. The van der Waals surface area contributed by atoms with Crippen LogP contribution in [-0.4, -0.2) is 18.7 Å². The first kappa shape index (κ1) is 16.1. The number of benzene rings is 1. The average molecular weight is 439 g/mol. The summed E-state index contributed by atoms with van der Waals surface area (Å²) in [7, 11) is 0. The van der Waals surface area contributed by atoms with Gasteiger partial charge in [0.05, 0.1) is 11.2 Å². The summed E-state index contributed by atoms with van der Waals surface area (Å²) in [5, 5.41) is 4.58. The van der Waals surface area contributed by atoms with E-state index in [1.807, 2.05) is 22.6 Å². The van der Waals surface area contributed by atoms with Crippen molar-refractivity contribution in [3.05, 3.63) is 49.9 Å². The Balaban J connectivity index is 1.81. The number of ether oxygens (including phenoxy) is 1. The van der Waals surface area contributed by atoms with Gasteiger partial charge >= 0.3 is 0 Å². The van der Waals surface area contributed by atoms with Crippen LogP contribution in [0.15, 0.2) is 39.9 Å². The van der Waals surface area contributed by atoms with Crippen LogP contribution in [0, 0.1) is 3.77 Å². The molecule has 1 N–H and O–H groups in total. The largest absolute Gasteiger partial charge is 0.482 e. The van der Waals surface area contributed by atoms with E-state index in [2.05, 4.69) is 10.5 Å². The molecule has 0 spiro atoms. The average Bonchev–Trinajstić information content (AvgIpc) is 2.83. The summed E-state index contributed by atoms with van der Waals surface area (Å²) in [6.07, 6.45) is 1.40. The summed E-state index contributed by atoms with van der Waals surface area (Å²) in [5.74, 6) is 0.501. The Morgan fingerprint density at radius 3 is 2.86 bits per heavy atom. The van der Waals surface area contributed by atoms with Gasteiger partial charge in [0.25, 0.3) is 5.91 Å². The molecule has 0 fully saturated rings. The monoisotopic (exact) mass is 438 g/mol.